The fourth-order valence-corrected chi connectivity index (χ4v) is 5.69. The summed E-state index contributed by atoms with van der Waals surface area (Å²) in [6, 6.07) is 4.48. The van der Waals surface area contributed by atoms with Crippen molar-refractivity contribution in [2.45, 2.75) is 81.9 Å². The van der Waals surface area contributed by atoms with Gasteiger partial charge in [0.25, 0.3) is 0 Å². The van der Waals surface area contributed by atoms with Gasteiger partial charge >= 0.3 is 6.18 Å². The van der Waals surface area contributed by atoms with Crippen LogP contribution in [0.3, 0.4) is 0 Å². The van der Waals surface area contributed by atoms with Gasteiger partial charge in [0.2, 0.25) is 10.0 Å². The Bertz CT molecular complexity index is 1010. The van der Waals surface area contributed by atoms with E-state index in [0.717, 1.165) is 25.1 Å². The Hall–Kier alpha value is -2.14. The predicted octanol–water partition coefficient (Wildman–Crippen LogP) is 4.33. The van der Waals surface area contributed by atoms with Crippen LogP contribution in [0.15, 0.2) is 29.4 Å². The predicted molar refractivity (Wildman–Crippen MR) is 113 cm³/mol. The summed E-state index contributed by atoms with van der Waals surface area (Å²) in [5, 5.41) is 7.94. The van der Waals surface area contributed by atoms with Crippen molar-refractivity contribution in [3.05, 3.63) is 35.9 Å². The van der Waals surface area contributed by atoms with Crippen molar-refractivity contribution in [2.75, 3.05) is 6.61 Å². The number of alkyl halides is 3. The summed E-state index contributed by atoms with van der Waals surface area (Å²) in [5.74, 6) is 1.17. The molecule has 2 unspecified atom stereocenters. The molecule has 11 heteroatoms. The second kappa shape index (κ2) is 10.2. The number of aromatic nitrogens is 3. The van der Waals surface area contributed by atoms with Crippen LogP contribution in [0.4, 0.5) is 13.2 Å². The molecule has 0 radical (unpaired) electrons. The molecule has 1 heterocycles. The minimum Gasteiger partial charge on any atom is -0.494 e. The van der Waals surface area contributed by atoms with Crippen LogP contribution >= 0.6 is 0 Å². The summed E-state index contributed by atoms with van der Waals surface area (Å²) >= 11 is 0. The van der Waals surface area contributed by atoms with E-state index in [2.05, 4.69) is 14.9 Å². The lowest BCUT2D eigenvalue weighted by atomic mass is 9.91. The molecule has 0 spiro atoms. The lowest BCUT2D eigenvalue weighted by molar-refractivity contribution is -0.136. The first-order valence-electron chi connectivity index (χ1n) is 10.8. The van der Waals surface area contributed by atoms with Crippen molar-refractivity contribution in [3.8, 4) is 5.75 Å². The maximum absolute atomic E-state index is 13.1. The standard InChI is InChI=1S/C21H29F3N4O3S/c1-3-16-12-19(31-11-5-10-21(22,23)24)8-9-20(16)32(29,30)27-17-6-4-7-18(13-17)28-14-25-26-15(28)2/h8-9,12,14,17-18,27H,3-7,10-11,13H2,1-2H3. The Morgan fingerprint density at radius 1 is 1.28 bits per heavy atom. The summed E-state index contributed by atoms with van der Waals surface area (Å²) in [5.41, 5.74) is 0.563. The molecule has 0 aliphatic heterocycles. The van der Waals surface area contributed by atoms with Gasteiger partial charge in [-0.2, -0.15) is 13.2 Å². The van der Waals surface area contributed by atoms with Gasteiger partial charge in [-0.25, -0.2) is 13.1 Å². The van der Waals surface area contributed by atoms with E-state index in [1.807, 2.05) is 18.4 Å². The van der Waals surface area contributed by atoms with Crippen LogP contribution in [0, 0.1) is 6.92 Å². The summed E-state index contributed by atoms with van der Waals surface area (Å²) in [6.07, 6.45) is 0.0784. The Kier molecular flexibility index (Phi) is 7.81. The molecular formula is C21H29F3N4O3S. The SMILES string of the molecule is CCc1cc(OCCCC(F)(F)F)ccc1S(=O)(=O)NC1CCCC(n2cnnc2C)C1. The number of sulfonamides is 1. The number of hydrogen-bond donors (Lipinski definition) is 1. The fraction of sp³-hybridized carbons (Fsp3) is 0.619. The second-order valence-corrected chi connectivity index (χ2v) is 9.80. The summed E-state index contributed by atoms with van der Waals surface area (Å²) in [7, 11) is -3.76. The number of benzene rings is 1. The first-order chi connectivity index (χ1) is 15.1. The van der Waals surface area contributed by atoms with Gasteiger partial charge in [-0.15, -0.1) is 10.2 Å². The number of aryl methyl sites for hydroxylation is 2. The van der Waals surface area contributed by atoms with Gasteiger partial charge in [-0.05, 0) is 69.2 Å². The highest BCUT2D eigenvalue weighted by atomic mass is 32.2. The average Bonchev–Trinajstić information content (AvgIpc) is 3.16. The highest BCUT2D eigenvalue weighted by Gasteiger charge is 2.29. The number of hydrogen-bond acceptors (Lipinski definition) is 5. The van der Waals surface area contributed by atoms with Crippen molar-refractivity contribution < 1.29 is 26.3 Å². The van der Waals surface area contributed by atoms with E-state index in [0.29, 0.717) is 24.2 Å². The third-order valence-electron chi connectivity index (χ3n) is 5.69. The Balaban J connectivity index is 1.66. The topological polar surface area (TPSA) is 86.1 Å². The first-order valence-corrected chi connectivity index (χ1v) is 12.3. The van der Waals surface area contributed by atoms with Crippen molar-refractivity contribution in [2.24, 2.45) is 0 Å². The van der Waals surface area contributed by atoms with E-state index in [-0.39, 0.29) is 30.0 Å². The zero-order valence-corrected chi connectivity index (χ0v) is 19.0. The quantitative estimate of drug-likeness (QED) is 0.547. The minimum atomic E-state index is -4.22. The summed E-state index contributed by atoms with van der Waals surface area (Å²) in [4.78, 5) is 0.172. The molecule has 1 aromatic heterocycles. The van der Waals surface area contributed by atoms with Crippen LogP contribution in [-0.4, -0.2) is 42.0 Å². The van der Waals surface area contributed by atoms with Gasteiger partial charge in [0.15, 0.2) is 0 Å². The molecule has 32 heavy (non-hydrogen) atoms. The molecule has 1 N–H and O–H groups in total. The van der Waals surface area contributed by atoms with Crippen LogP contribution in [0.5, 0.6) is 5.75 Å². The first kappa shape index (κ1) is 24.5. The lowest BCUT2D eigenvalue weighted by Crippen LogP contribution is -2.39. The van der Waals surface area contributed by atoms with Crippen LogP contribution in [0.2, 0.25) is 0 Å². The number of nitrogens with zero attached hydrogens (tertiary/aromatic N) is 3. The third kappa shape index (κ3) is 6.44. The molecule has 0 amide bonds. The van der Waals surface area contributed by atoms with Crippen LogP contribution < -0.4 is 9.46 Å². The minimum absolute atomic E-state index is 0.0843. The molecule has 1 fully saturated rings. The van der Waals surface area contributed by atoms with E-state index in [4.69, 9.17) is 4.74 Å². The van der Waals surface area contributed by atoms with Gasteiger partial charge in [-0.1, -0.05) is 6.92 Å². The number of nitrogens with one attached hydrogen (secondary N) is 1. The largest absolute Gasteiger partial charge is 0.494 e. The van der Waals surface area contributed by atoms with Crippen molar-refractivity contribution in [3.63, 3.8) is 0 Å². The molecule has 1 aromatic carbocycles. The van der Waals surface area contributed by atoms with Gasteiger partial charge in [0.05, 0.1) is 11.5 Å². The van der Waals surface area contributed by atoms with Crippen LogP contribution in [0.25, 0.3) is 0 Å². The van der Waals surface area contributed by atoms with Crippen molar-refractivity contribution in [1.82, 2.24) is 19.5 Å². The van der Waals surface area contributed by atoms with Gasteiger partial charge in [-0.3, -0.25) is 0 Å². The van der Waals surface area contributed by atoms with Crippen molar-refractivity contribution in [1.29, 1.82) is 0 Å². The lowest BCUT2D eigenvalue weighted by Gasteiger charge is -2.30. The number of rotatable bonds is 9. The zero-order chi connectivity index (χ0) is 23.4. The second-order valence-electron chi connectivity index (χ2n) is 8.11. The van der Waals surface area contributed by atoms with E-state index in [1.165, 1.54) is 12.1 Å². The number of ether oxygens (including phenoxy) is 1. The summed E-state index contributed by atoms with van der Waals surface area (Å²) in [6.45, 7) is 3.62. The monoisotopic (exact) mass is 474 g/mol. The Morgan fingerprint density at radius 2 is 2.06 bits per heavy atom. The molecular weight excluding hydrogens is 445 g/mol. The molecule has 1 aliphatic carbocycles. The molecule has 1 saturated carbocycles. The average molecular weight is 475 g/mol. The fourth-order valence-electron chi connectivity index (χ4n) is 4.11. The molecule has 0 saturated heterocycles. The normalized spacial score (nSPS) is 19.8. The van der Waals surface area contributed by atoms with Gasteiger partial charge in [0.1, 0.15) is 17.9 Å². The van der Waals surface area contributed by atoms with E-state index >= 15 is 0 Å². The third-order valence-corrected chi connectivity index (χ3v) is 7.31. The Morgan fingerprint density at radius 3 is 2.72 bits per heavy atom. The zero-order valence-electron chi connectivity index (χ0n) is 18.2. The highest BCUT2D eigenvalue weighted by molar-refractivity contribution is 7.89. The van der Waals surface area contributed by atoms with E-state index in [1.54, 1.807) is 12.4 Å². The molecule has 2 atom stereocenters. The number of halogens is 3. The molecule has 3 rings (SSSR count). The maximum atomic E-state index is 13.1. The summed E-state index contributed by atoms with van der Waals surface area (Å²) < 4.78 is 73.2. The highest BCUT2D eigenvalue weighted by Crippen LogP contribution is 2.31. The molecule has 2 aromatic rings. The van der Waals surface area contributed by atoms with Gasteiger partial charge in [0, 0.05) is 18.5 Å². The van der Waals surface area contributed by atoms with Crippen molar-refractivity contribution >= 4 is 10.0 Å². The molecule has 0 bridgehead atoms. The Labute approximate surface area is 186 Å². The van der Waals surface area contributed by atoms with E-state index in [9.17, 15) is 21.6 Å². The molecule has 7 nitrogen and oxygen atoms in total. The maximum Gasteiger partial charge on any atom is 0.389 e. The van der Waals surface area contributed by atoms with E-state index < -0.39 is 22.6 Å². The molecule has 178 valence electrons. The van der Waals surface area contributed by atoms with Crippen LogP contribution in [-0.2, 0) is 16.4 Å². The smallest absolute Gasteiger partial charge is 0.389 e. The van der Waals surface area contributed by atoms with Crippen LogP contribution in [0.1, 0.15) is 62.9 Å². The van der Waals surface area contributed by atoms with Gasteiger partial charge < -0.3 is 9.30 Å². The molecule has 1 aliphatic rings.